The Labute approximate surface area is 234 Å². The van der Waals surface area contributed by atoms with E-state index in [2.05, 4.69) is 10.6 Å². The molecule has 0 spiro atoms. The number of sulfone groups is 1. The van der Waals surface area contributed by atoms with E-state index >= 15 is 0 Å². The minimum Gasteiger partial charge on any atom is -0.731 e. The zero-order chi connectivity index (χ0) is 27.0. The SMILES string of the molecule is CCN1CCN(C(=O)N[C@@H](C(=O)N[C@@H]2C(=O)N(S(=O)(=O)[O-])[C@@H]2S(C)(=O)=O)c2ccccc2)C(=O)C1=O.[Na+]. The second-order valence-electron chi connectivity index (χ2n) is 7.93. The first kappa shape index (κ1) is 30.7. The van der Waals surface area contributed by atoms with Crippen LogP contribution in [0.3, 0.4) is 0 Å². The third kappa shape index (κ3) is 6.29. The molecule has 0 bridgehead atoms. The fraction of sp³-hybridized carbons (Fsp3) is 0.421. The van der Waals surface area contributed by atoms with Gasteiger partial charge in [0.05, 0.1) is 0 Å². The van der Waals surface area contributed by atoms with Gasteiger partial charge in [-0.3, -0.25) is 24.1 Å². The number of hydrogen-bond donors (Lipinski definition) is 2. The molecule has 1 aromatic rings. The van der Waals surface area contributed by atoms with Crippen molar-refractivity contribution in [1.29, 1.82) is 0 Å². The summed E-state index contributed by atoms with van der Waals surface area (Å²) in [6.07, 6.45) is 0.580. The molecule has 0 aliphatic carbocycles. The molecule has 6 amide bonds. The van der Waals surface area contributed by atoms with Gasteiger partial charge in [-0.2, -0.15) is 0 Å². The van der Waals surface area contributed by atoms with Gasteiger partial charge in [0.2, 0.25) is 5.91 Å². The predicted molar refractivity (Wildman–Crippen MR) is 119 cm³/mol. The van der Waals surface area contributed by atoms with Crippen LogP contribution in [0, 0.1) is 0 Å². The van der Waals surface area contributed by atoms with E-state index in [4.69, 9.17) is 0 Å². The van der Waals surface area contributed by atoms with Gasteiger partial charge in [-0.1, -0.05) is 30.3 Å². The van der Waals surface area contributed by atoms with Crippen LogP contribution in [0.4, 0.5) is 4.79 Å². The Bertz CT molecular complexity index is 1320. The minimum atomic E-state index is -5.49. The average molecular weight is 568 g/mol. The monoisotopic (exact) mass is 567 g/mol. The van der Waals surface area contributed by atoms with Crippen LogP contribution in [0.15, 0.2) is 30.3 Å². The van der Waals surface area contributed by atoms with Crippen molar-refractivity contribution in [3.05, 3.63) is 35.9 Å². The number of β-lactam (4-membered cyclic amide) rings is 1. The molecule has 15 nitrogen and oxygen atoms in total. The van der Waals surface area contributed by atoms with E-state index in [0.717, 1.165) is 0 Å². The van der Waals surface area contributed by atoms with Crippen LogP contribution in [0.1, 0.15) is 18.5 Å². The molecule has 2 N–H and O–H groups in total. The summed E-state index contributed by atoms with van der Waals surface area (Å²) in [5, 5.41) is 2.16. The fourth-order valence-corrected chi connectivity index (χ4v) is 6.41. The topological polar surface area (TPSA) is 210 Å². The standard InChI is InChI=1S/C19H23N5O10S2.Na/c1-3-22-9-10-23(17(28)16(22)27)19(29)21-12(11-7-5-4-6-8-11)14(25)20-13-15(26)24(36(32,33)34)18(13)35(2,30)31;/h4-8,12-13,18H,3,9-10H2,1-2H3,(H,20,25)(H,21,29)(H,32,33,34);/q;+1/p-1/t12-,13-,18-;/m1./s1. The number of urea groups is 1. The molecule has 18 heteroatoms. The number of likely N-dealkylation sites (N-methyl/N-ethyl adjacent to an activating group) is 1. The second kappa shape index (κ2) is 11.4. The molecule has 2 fully saturated rings. The van der Waals surface area contributed by atoms with Crippen LogP contribution in [0.25, 0.3) is 0 Å². The summed E-state index contributed by atoms with van der Waals surface area (Å²) in [6, 6.07) is 2.84. The molecule has 196 valence electrons. The maximum absolute atomic E-state index is 13.1. The normalized spacial score (nSPS) is 21.1. The van der Waals surface area contributed by atoms with E-state index in [-0.39, 0.29) is 59.1 Å². The number of nitrogens with zero attached hydrogens (tertiary/aromatic N) is 3. The van der Waals surface area contributed by atoms with Crippen molar-refractivity contribution in [3.8, 4) is 0 Å². The summed E-state index contributed by atoms with van der Waals surface area (Å²) in [6.45, 7) is 1.83. The third-order valence-electron chi connectivity index (χ3n) is 5.58. The Hall–Kier alpha value is -2.57. The van der Waals surface area contributed by atoms with Gasteiger partial charge >= 0.3 is 47.4 Å². The van der Waals surface area contributed by atoms with Crippen molar-refractivity contribution >= 4 is 49.8 Å². The van der Waals surface area contributed by atoms with Gasteiger partial charge in [-0.25, -0.2) is 25.9 Å². The van der Waals surface area contributed by atoms with E-state index in [0.29, 0.717) is 11.2 Å². The fourth-order valence-electron chi connectivity index (χ4n) is 3.78. The van der Waals surface area contributed by atoms with Gasteiger partial charge in [-0.05, 0) is 12.5 Å². The molecule has 3 rings (SSSR count). The zero-order valence-corrected chi connectivity index (χ0v) is 23.6. The number of imide groups is 1. The molecular formula is C19H22N5NaO10S2. The molecule has 2 heterocycles. The van der Waals surface area contributed by atoms with Crippen molar-refractivity contribution < 1.29 is 74.9 Å². The Morgan fingerprint density at radius 2 is 1.65 bits per heavy atom. The first-order valence-electron chi connectivity index (χ1n) is 10.4. The molecule has 2 aliphatic rings. The summed E-state index contributed by atoms with van der Waals surface area (Å²) in [7, 11) is -9.84. The molecule has 3 atom stereocenters. The Morgan fingerprint density at radius 1 is 1.05 bits per heavy atom. The number of nitrogens with one attached hydrogen (secondary N) is 2. The number of carbonyl (C=O) groups is 5. The van der Waals surface area contributed by atoms with Crippen molar-refractivity contribution in [1.82, 2.24) is 24.7 Å². The summed E-state index contributed by atoms with van der Waals surface area (Å²) >= 11 is 0. The number of hydrogen-bond acceptors (Lipinski definition) is 10. The predicted octanol–water partition coefficient (Wildman–Crippen LogP) is -5.71. The first-order chi connectivity index (χ1) is 16.7. The zero-order valence-electron chi connectivity index (χ0n) is 20.0. The summed E-state index contributed by atoms with van der Waals surface area (Å²) in [5.74, 6) is -4.62. The molecule has 0 saturated carbocycles. The number of rotatable bonds is 7. The summed E-state index contributed by atoms with van der Waals surface area (Å²) in [4.78, 5) is 64.5. The largest absolute Gasteiger partial charge is 1.00 e. The van der Waals surface area contributed by atoms with E-state index in [9.17, 15) is 45.4 Å². The molecular weight excluding hydrogens is 545 g/mol. The van der Waals surface area contributed by atoms with Crippen LogP contribution in [0.5, 0.6) is 0 Å². The number of carbonyl (C=O) groups excluding carboxylic acids is 5. The van der Waals surface area contributed by atoms with Gasteiger partial charge in [-0.15, -0.1) is 0 Å². The van der Waals surface area contributed by atoms with Gasteiger partial charge in [0.25, 0.3) is 5.91 Å². The van der Waals surface area contributed by atoms with Crippen LogP contribution in [-0.2, 0) is 39.3 Å². The van der Waals surface area contributed by atoms with Crippen LogP contribution < -0.4 is 40.2 Å². The maximum atomic E-state index is 13.1. The van der Waals surface area contributed by atoms with Crippen molar-refractivity contribution in [2.24, 2.45) is 0 Å². The van der Waals surface area contributed by atoms with Crippen LogP contribution in [0.2, 0.25) is 0 Å². The Balaban J connectivity index is 0.00000481. The van der Waals surface area contributed by atoms with E-state index in [1.54, 1.807) is 13.0 Å². The van der Waals surface area contributed by atoms with Crippen molar-refractivity contribution in [3.63, 3.8) is 0 Å². The molecule has 0 unspecified atom stereocenters. The van der Waals surface area contributed by atoms with E-state index < -0.39 is 67.3 Å². The molecule has 0 aromatic heterocycles. The average Bonchev–Trinajstić information content (AvgIpc) is 2.79. The number of piperazine rings is 1. The molecule has 2 aliphatic heterocycles. The van der Waals surface area contributed by atoms with Gasteiger partial charge in [0, 0.05) is 25.9 Å². The Morgan fingerprint density at radius 3 is 2.16 bits per heavy atom. The minimum absolute atomic E-state index is 0. The maximum Gasteiger partial charge on any atom is 1.00 e. The van der Waals surface area contributed by atoms with Crippen LogP contribution in [-0.4, -0.2) is 102 Å². The summed E-state index contributed by atoms with van der Waals surface area (Å²) < 4.78 is 57.7. The third-order valence-corrected chi connectivity index (χ3v) is 7.96. The van der Waals surface area contributed by atoms with E-state index in [1.807, 2.05) is 0 Å². The molecule has 2 saturated heterocycles. The van der Waals surface area contributed by atoms with Gasteiger partial charge in [0.15, 0.2) is 25.5 Å². The number of benzene rings is 1. The molecule has 0 radical (unpaired) electrons. The molecule has 37 heavy (non-hydrogen) atoms. The second-order valence-corrected chi connectivity index (χ2v) is 11.3. The first-order valence-corrected chi connectivity index (χ1v) is 13.7. The van der Waals surface area contributed by atoms with Crippen molar-refractivity contribution in [2.45, 2.75) is 24.4 Å². The number of amides is 6. The van der Waals surface area contributed by atoms with E-state index in [1.165, 1.54) is 29.2 Å². The van der Waals surface area contributed by atoms with Gasteiger partial charge < -0.3 is 20.1 Å². The Kier molecular flexibility index (Phi) is 9.48. The molecule has 1 aromatic carbocycles. The summed E-state index contributed by atoms with van der Waals surface area (Å²) in [5.41, 5.74) is 0.158. The van der Waals surface area contributed by atoms with Crippen molar-refractivity contribution in [2.75, 3.05) is 25.9 Å². The smallest absolute Gasteiger partial charge is 0.731 e. The van der Waals surface area contributed by atoms with Gasteiger partial charge in [0.1, 0.15) is 12.1 Å². The van der Waals surface area contributed by atoms with Crippen LogP contribution >= 0.6 is 0 Å². The quantitative estimate of drug-likeness (QED) is 0.138.